The van der Waals surface area contributed by atoms with Crippen molar-refractivity contribution in [1.82, 2.24) is 0 Å². The minimum absolute atomic E-state index is 0.00573. The standard InChI is InChI=1S/C22H22BrNO4/c1-5-26-19-12-15(10-17(23)20(19)27-13(2)3)11-18-22(25)28-21(24-18)16-8-6-14(4)7-9-16/h6-13H,5H2,1-4H3/b18-11-. The zero-order valence-electron chi connectivity index (χ0n) is 16.3. The molecule has 0 bridgehead atoms. The van der Waals surface area contributed by atoms with Crippen LogP contribution in [0.1, 0.15) is 37.5 Å². The van der Waals surface area contributed by atoms with Crippen molar-refractivity contribution in [1.29, 1.82) is 0 Å². The summed E-state index contributed by atoms with van der Waals surface area (Å²) in [7, 11) is 0. The summed E-state index contributed by atoms with van der Waals surface area (Å²) in [6, 6.07) is 11.3. The van der Waals surface area contributed by atoms with Gasteiger partial charge in [0.1, 0.15) is 0 Å². The van der Waals surface area contributed by atoms with Crippen LogP contribution in [-0.4, -0.2) is 24.6 Å². The normalized spacial score (nSPS) is 15.0. The summed E-state index contributed by atoms with van der Waals surface area (Å²) >= 11 is 3.53. The average Bonchev–Trinajstić information content (AvgIpc) is 2.99. The first-order chi connectivity index (χ1) is 13.4. The fourth-order valence-corrected chi connectivity index (χ4v) is 3.22. The maximum atomic E-state index is 12.3. The van der Waals surface area contributed by atoms with Crippen molar-refractivity contribution in [3.05, 3.63) is 63.3 Å². The van der Waals surface area contributed by atoms with E-state index in [1.165, 1.54) is 0 Å². The van der Waals surface area contributed by atoms with E-state index >= 15 is 0 Å². The van der Waals surface area contributed by atoms with Crippen LogP contribution >= 0.6 is 15.9 Å². The van der Waals surface area contributed by atoms with E-state index in [1.54, 1.807) is 6.08 Å². The van der Waals surface area contributed by atoms with Gasteiger partial charge in [-0.15, -0.1) is 0 Å². The van der Waals surface area contributed by atoms with E-state index in [4.69, 9.17) is 14.2 Å². The smallest absolute Gasteiger partial charge is 0.363 e. The van der Waals surface area contributed by atoms with Crippen LogP contribution in [0.2, 0.25) is 0 Å². The number of ether oxygens (including phenoxy) is 3. The Balaban J connectivity index is 1.95. The molecule has 0 unspecified atom stereocenters. The Bertz CT molecular complexity index is 946. The van der Waals surface area contributed by atoms with Gasteiger partial charge in [0.15, 0.2) is 17.2 Å². The van der Waals surface area contributed by atoms with E-state index in [2.05, 4.69) is 20.9 Å². The molecule has 1 aliphatic heterocycles. The molecule has 0 spiro atoms. The average molecular weight is 444 g/mol. The third-order valence-electron chi connectivity index (χ3n) is 3.91. The first-order valence-corrected chi connectivity index (χ1v) is 9.89. The van der Waals surface area contributed by atoms with Crippen LogP contribution in [0.3, 0.4) is 0 Å². The minimum atomic E-state index is -0.479. The molecule has 1 heterocycles. The molecular weight excluding hydrogens is 422 g/mol. The fourth-order valence-electron chi connectivity index (χ4n) is 2.67. The number of hydrogen-bond acceptors (Lipinski definition) is 5. The van der Waals surface area contributed by atoms with Crippen LogP contribution in [-0.2, 0) is 9.53 Å². The Morgan fingerprint density at radius 3 is 2.57 bits per heavy atom. The molecule has 5 nitrogen and oxygen atoms in total. The lowest BCUT2D eigenvalue weighted by molar-refractivity contribution is -0.129. The zero-order chi connectivity index (χ0) is 20.3. The summed E-state index contributed by atoms with van der Waals surface area (Å²) in [5.41, 5.74) is 2.88. The Morgan fingerprint density at radius 2 is 1.93 bits per heavy atom. The van der Waals surface area contributed by atoms with Gasteiger partial charge in [0.25, 0.3) is 0 Å². The third-order valence-corrected chi connectivity index (χ3v) is 4.50. The summed E-state index contributed by atoms with van der Waals surface area (Å²) in [6.45, 7) is 8.31. The summed E-state index contributed by atoms with van der Waals surface area (Å²) in [5.74, 6) is 1.07. The second-order valence-electron chi connectivity index (χ2n) is 6.63. The van der Waals surface area contributed by atoms with Gasteiger partial charge >= 0.3 is 5.97 Å². The number of cyclic esters (lactones) is 1. The van der Waals surface area contributed by atoms with Crippen molar-refractivity contribution >= 4 is 33.9 Å². The van der Waals surface area contributed by atoms with Crippen molar-refractivity contribution < 1.29 is 19.0 Å². The monoisotopic (exact) mass is 443 g/mol. The number of nitrogens with zero attached hydrogens (tertiary/aromatic N) is 1. The molecule has 0 aromatic heterocycles. The number of carbonyl (C=O) groups is 1. The number of halogens is 1. The predicted octanol–water partition coefficient (Wildman–Crippen LogP) is 5.29. The molecule has 0 saturated heterocycles. The minimum Gasteiger partial charge on any atom is -0.490 e. The molecule has 0 fully saturated rings. The van der Waals surface area contributed by atoms with E-state index in [0.29, 0.717) is 24.0 Å². The Hall–Kier alpha value is -2.60. The molecule has 1 aliphatic rings. The van der Waals surface area contributed by atoms with E-state index in [9.17, 15) is 4.79 Å². The maximum absolute atomic E-state index is 12.3. The van der Waals surface area contributed by atoms with E-state index in [1.807, 2.05) is 64.1 Å². The van der Waals surface area contributed by atoms with Crippen LogP contribution < -0.4 is 9.47 Å². The lowest BCUT2D eigenvalue weighted by Gasteiger charge is -2.16. The molecule has 2 aromatic rings. The Morgan fingerprint density at radius 1 is 1.21 bits per heavy atom. The summed E-state index contributed by atoms with van der Waals surface area (Å²) in [6.07, 6.45) is 1.68. The van der Waals surface area contributed by atoms with Crippen molar-refractivity contribution in [3.63, 3.8) is 0 Å². The molecule has 0 N–H and O–H groups in total. The zero-order valence-corrected chi connectivity index (χ0v) is 17.9. The fraction of sp³-hybridized carbons (Fsp3) is 0.273. The highest BCUT2D eigenvalue weighted by Gasteiger charge is 2.24. The first kappa shape index (κ1) is 20.1. The van der Waals surface area contributed by atoms with E-state index in [0.717, 1.165) is 21.2 Å². The van der Waals surface area contributed by atoms with Gasteiger partial charge in [-0.05, 0) is 79.5 Å². The number of rotatable bonds is 6. The summed E-state index contributed by atoms with van der Waals surface area (Å²) in [4.78, 5) is 16.6. The van der Waals surface area contributed by atoms with Gasteiger partial charge in [-0.2, -0.15) is 0 Å². The molecule has 0 radical (unpaired) electrons. The van der Waals surface area contributed by atoms with Gasteiger partial charge in [-0.25, -0.2) is 9.79 Å². The number of benzene rings is 2. The number of carbonyl (C=O) groups excluding carboxylic acids is 1. The molecule has 0 aliphatic carbocycles. The molecule has 3 rings (SSSR count). The number of aliphatic imine (C=N–C) groups is 1. The van der Waals surface area contributed by atoms with Gasteiger partial charge in [-0.3, -0.25) is 0 Å². The van der Waals surface area contributed by atoms with Gasteiger partial charge in [0, 0.05) is 5.56 Å². The molecule has 6 heteroatoms. The molecule has 0 atom stereocenters. The second-order valence-corrected chi connectivity index (χ2v) is 7.49. The Labute approximate surface area is 173 Å². The molecule has 0 amide bonds. The molecule has 0 saturated carbocycles. The van der Waals surface area contributed by atoms with Crippen LogP contribution in [0.15, 0.2) is 51.6 Å². The van der Waals surface area contributed by atoms with Crippen LogP contribution in [0.25, 0.3) is 6.08 Å². The van der Waals surface area contributed by atoms with Crippen LogP contribution in [0.4, 0.5) is 0 Å². The second kappa shape index (κ2) is 8.61. The van der Waals surface area contributed by atoms with Gasteiger partial charge in [0.2, 0.25) is 5.90 Å². The lowest BCUT2D eigenvalue weighted by Crippen LogP contribution is -2.08. The SMILES string of the molecule is CCOc1cc(/C=C2\N=C(c3ccc(C)cc3)OC2=O)cc(Br)c1OC(C)C. The van der Waals surface area contributed by atoms with Crippen LogP contribution in [0, 0.1) is 6.92 Å². The Kier molecular flexibility index (Phi) is 6.19. The van der Waals surface area contributed by atoms with Crippen molar-refractivity contribution in [3.8, 4) is 11.5 Å². The number of aryl methyl sites for hydroxylation is 1. The molecule has 146 valence electrons. The van der Waals surface area contributed by atoms with Crippen molar-refractivity contribution in [2.24, 2.45) is 4.99 Å². The van der Waals surface area contributed by atoms with Crippen molar-refractivity contribution in [2.45, 2.75) is 33.8 Å². The first-order valence-electron chi connectivity index (χ1n) is 9.10. The third kappa shape index (κ3) is 4.62. The highest BCUT2D eigenvalue weighted by Crippen LogP contribution is 2.38. The largest absolute Gasteiger partial charge is 0.490 e. The van der Waals surface area contributed by atoms with Crippen molar-refractivity contribution in [2.75, 3.05) is 6.61 Å². The predicted molar refractivity (Wildman–Crippen MR) is 113 cm³/mol. The highest BCUT2D eigenvalue weighted by atomic mass is 79.9. The van der Waals surface area contributed by atoms with Gasteiger partial charge in [-0.1, -0.05) is 17.7 Å². The van der Waals surface area contributed by atoms with E-state index < -0.39 is 5.97 Å². The summed E-state index contributed by atoms with van der Waals surface area (Å²) < 4.78 is 17.6. The quantitative estimate of drug-likeness (QED) is 0.449. The number of hydrogen-bond donors (Lipinski definition) is 0. The summed E-state index contributed by atoms with van der Waals surface area (Å²) in [5, 5.41) is 0. The van der Waals surface area contributed by atoms with Gasteiger partial charge in [0.05, 0.1) is 17.2 Å². The van der Waals surface area contributed by atoms with Crippen LogP contribution in [0.5, 0.6) is 11.5 Å². The van der Waals surface area contributed by atoms with E-state index in [-0.39, 0.29) is 11.8 Å². The lowest BCUT2D eigenvalue weighted by atomic mass is 10.1. The number of esters is 1. The molecular formula is C22H22BrNO4. The molecule has 28 heavy (non-hydrogen) atoms. The highest BCUT2D eigenvalue weighted by molar-refractivity contribution is 9.10. The molecule has 2 aromatic carbocycles. The van der Waals surface area contributed by atoms with Gasteiger partial charge < -0.3 is 14.2 Å². The topological polar surface area (TPSA) is 57.1 Å². The maximum Gasteiger partial charge on any atom is 0.363 e.